The highest BCUT2D eigenvalue weighted by atomic mass is 32.2. The van der Waals surface area contributed by atoms with Crippen LogP contribution in [0.15, 0.2) is 72.9 Å². The van der Waals surface area contributed by atoms with Crippen molar-refractivity contribution in [2.45, 2.75) is 31.7 Å². The molecule has 210 valence electrons. The number of anilines is 2. The molecule has 0 saturated carbocycles. The van der Waals surface area contributed by atoms with E-state index >= 15 is 0 Å². The minimum Gasteiger partial charge on any atom is -0.379 e. The number of hydrogen-bond acceptors (Lipinski definition) is 9. The first kappa shape index (κ1) is 26.4. The molecule has 4 aliphatic rings. The smallest absolute Gasteiger partial charge is 0.250 e. The fourth-order valence-corrected chi connectivity index (χ4v) is 8.61. The predicted molar refractivity (Wildman–Crippen MR) is 161 cm³/mol. The molecule has 40 heavy (non-hydrogen) atoms. The van der Waals surface area contributed by atoms with E-state index in [9.17, 15) is 4.79 Å². The molecule has 2 aromatic carbocycles. The van der Waals surface area contributed by atoms with E-state index in [1.165, 1.54) is 25.3 Å². The van der Waals surface area contributed by atoms with Crippen molar-refractivity contribution in [3.63, 3.8) is 0 Å². The Morgan fingerprint density at radius 1 is 0.875 bits per heavy atom. The van der Waals surface area contributed by atoms with Crippen LogP contribution >= 0.6 is 23.5 Å². The number of morpholine rings is 2. The van der Waals surface area contributed by atoms with E-state index < -0.39 is 0 Å². The molecule has 2 unspecified atom stereocenters. The maximum absolute atomic E-state index is 12.7. The monoisotopic (exact) mass is 577 g/mol. The van der Waals surface area contributed by atoms with Gasteiger partial charge in [-0.25, -0.2) is 0 Å². The van der Waals surface area contributed by atoms with Crippen molar-refractivity contribution in [2.24, 2.45) is 0 Å². The number of likely N-dealkylation sites (tertiary alicyclic amines) is 1. The van der Waals surface area contributed by atoms with Crippen LogP contribution in [0.5, 0.6) is 0 Å². The van der Waals surface area contributed by atoms with E-state index in [0.717, 1.165) is 69.4 Å². The predicted octanol–water partition coefficient (Wildman–Crippen LogP) is 3.92. The number of H-pyrrole nitrogens is 1. The van der Waals surface area contributed by atoms with Gasteiger partial charge in [0.1, 0.15) is 0 Å². The Labute approximate surface area is 243 Å². The van der Waals surface area contributed by atoms with Crippen LogP contribution in [0.1, 0.15) is 0 Å². The Bertz CT molecular complexity index is 1440. The maximum atomic E-state index is 12.7. The highest BCUT2D eigenvalue weighted by Crippen LogP contribution is 2.52. The van der Waals surface area contributed by atoms with Crippen LogP contribution in [0.2, 0.25) is 0 Å². The lowest BCUT2D eigenvalue weighted by molar-refractivity contribution is 0.0174. The molecule has 3 fully saturated rings. The average molecular weight is 578 g/mol. The van der Waals surface area contributed by atoms with Gasteiger partial charge in [0.15, 0.2) is 0 Å². The summed E-state index contributed by atoms with van der Waals surface area (Å²) in [5.74, 6) is 0. The third-order valence-electron chi connectivity index (χ3n) is 8.19. The highest BCUT2D eigenvalue weighted by Gasteiger charge is 2.36. The second-order valence-electron chi connectivity index (χ2n) is 10.9. The molecule has 0 bridgehead atoms. The molecular weight excluding hydrogens is 542 g/mol. The summed E-state index contributed by atoms with van der Waals surface area (Å²) in [5, 5.41) is 3.87. The number of hydrogen-bond donors (Lipinski definition) is 2. The molecule has 5 heterocycles. The molecule has 0 spiro atoms. The van der Waals surface area contributed by atoms with Gasteiger partial charge in [-0.15, -0.1) is 0 Å². The number of aromatic amines is 1. The standard InChI is InChI=1S/C30H35N5O3S2/c1-33-18-24(25(19-33)35-9-13-38-14-10-35)31-20-5-6-26-28(15-20)39-27-4-2-3-22(30(27)40-26)23-16-21(17-29(36)32-23)34-7-11-37-12-8-34/h2-6,15-17,24-25,31H,7-14,18-19H2,1H3,(H,32,36). The van der Waals surface area contributed by atoms with Gasteiger partial charge in [-0.1, -0.05) is 35.7 Å². The van der Waals surface area contributed by atoms with Gasteiger partial charge >= 0.3 is 0 Å². The van der Waals surface area contributed by atoms with E-state index in [0.29, 0.717) is 25.3 Å². The minimum atomic E-state index is -0.0749. The Hall–Kier alpha value is -2.47. The number of aromatic nitrogens is 1. The van der Waals surface area contributed by atoms with E-state index in [1.807, 2.05) is 11.8 Å². The van der Waals surface area contributed by atoms with Crippen molar-refractivity contribution in [3.8, 4) is 11.3 Å². The number of benzene rings is 2. The fraction of sp³-hybridized carbons (Fsp3) is 0.433. The van der Waals surface area contributed by atoms with Crippen molar-refractivity contribution < 1.29 is 9.47 Å². The molecule has 3 saturated heterocycles. The van der Waals surface area contributed by atoms with E-state index in [4.69, 9.17) is 9.47 Å². The van der Waals surface area contributed by atoms with Crippen LogP contribution in [0.3, 0.4) is 0 Å². The van der Waals surface area contributed by atoms with Gasteiger partial charge in [-0.05, 0) is 37.4 Å². The summed E-state index contributed by atoms with van der Waals surface area (Å²) >= 11 is 3.60. The molecule has 10 heteroatoms. The number of fused-ring (bicyclic) bond motifs is 2. The Balaban J connectivity index is 1.13. The molecule has 0 aliphatic carbocycles. The average Bonchev–Trinajstić information content (AvgIpc) is 3.36. The van der Waals surface area contributed by atoms with Crippen LogP contribution in [0, 0.1) is 0 Å². The zero-order chi connectivity index (χ0) is 27.1. The van der Waals surface area contributed by atoms with Crippen molar-refractivity contribution in [1.82, 2.24) is 14.8 Å². The van der Waals surface area contributed by atoms with Crippen LogP contribution in [0.4, 0.5) is 11.4 Å². The van der Waals surface area contributed by atoms with Crippen molar-refractivity contribution in [2.75, 3.05) is 83.0 Å². The minimum absolute atomic E-state index is 0.0749. The van der Waals surface area contributed by atoms with E-state index in [-0.39, 0.29) is 5.56 Å². The molecule has 8 nitrogen and oxygen atoms in total. The number of rotatable bonds is 5. The highest BCUT2D eigenvalue weighted by molar-refractivity contribution is 8.05. The van der Waals surface area contributed by atoms with E-state index in [1.54, 1.807) is 17.8 Å². The third kappa shape index (κ3) is 5.41. The quantitative estimate of drug-likeness (QED) is 0.367. The summed E-state index contributed by atoms with van der Waals surface area (Å²) in [6.07, 6.45) is 0. The summed E-state index contributed by atoms with van der Waals surface area (Å²) in [5.41, 5.74) is 3.98. The zero-order valence-corrected chi connectivity index (χ0v) is 24.4. The molecule has 7 rings (SSSR count). The van der Waals surface area contributed by atoms with Crippen molar-refractivity contribution in [1.29, 1.82) is 0 Å². The number of pyridine rings is 1. The lowest BCUT2D eigenvalue weighted by atomic mass is 10.1. The van der Waals surface area contributed by atoms with Crippen LogP contribution < -0.4 is 15.8 Å². The maximum Gasteiger partial charge on any atom is 0.250 e. The van der Waals surface area contributed by atoms with E-state index in [2.05, 4.69) is 74.5 Å². The Kier molecular flexibility index (Phi) is 7.55. The van der Waals surface area contributed by atoms with Crippen LogP contribution in [-0.2, 0) is 9.47 Å². The molecule has 2 N–H and O–H groups in total. The van der Waals surface area contributed by atoms with Gasteiger partial charge in [0.05, 0.1) is 38.2 Å². The molecule has 2 atom stereocenters. The molecule has 1 aromatic heterocycles. The first-order chi connectivity index (χ1) is 19.6. The second kappa shape index (κ2) is 11.4. The van der Waals surface area contributed by atoms with Crippen LogP contribution in [0.25, 0.3) is 11.3 Å². The first-order valence-electron chi connectivity index (χ1n) is 14.1. The topological polar surface area (TPSA) is 73.1 Å². The summed E-state index contributed by atoms with van der Waals surface area (Å²) in [6, 6.07) is 17.8. The van der Waals surface area contributed by atoms with Gasteiger partial charge in [0.25, 0.3) is 0 Å². The number of ether oxygens (including phenoxy) is 2. The Morgan fingerprint density at radius 3 is 2.50 bits per heavy atom. The molecular formula is C30H35N5O3S2. The lowest BCUT2D eigenvalue weighted by Crippen LogP contribution is -2.50. The first-order valence-corrected chi connectivity index (χ1v) is 15.7. The molecule has 3 aromatic rings. The van der Waals surface area contributed by atoms with Gasteiger partial charge in [0.2, 0.25) is 5.56 Å². The van der Waals surface area contributed by atoms with Crippen molar-refractivity contribution >= 4 is 34.9 Å². The SMILES string of the molecule is CN1CC(Nc2ccc3c(c2)Sc2cccc(-c4cc(N5CCOCC5)cc(=O)[nH]4)c2S3)C(N2CCOCC2)C1. The third-order valence-corrected chi connectivity index (χ3v) is 10.8. The molecule has 0 radical (unpaired) electrons. The number of likely N-dealkylation sites (N-methyl/N-ethyl adjacent to an activating group) is 1. The van der Waals surface area contributed by atoms with Gasteiger partial charge in [-0.3, -0.25) is 9.69 Å². The summed E-state index contributed by atoms with van der Waals surface area (Å²) < 4.78 is 11.1. The lowest BCUT2D eigenvalue weighted by Gasteiger charge is -2.35. The summed E-state index contributed by atoms with van der Waals surface area (Å²) in [7, 11) is 2.22. The normalized spacial score (nSPS) is 23.6. The van der Waals surface area contributed by atoms with Gasteiger partial charge in [-0.2, -0.15) is 0 Å². The Morgan fingerprint density at radius 2 is 1.68 bits per heavy atom. The molecule has 0 amide bonds. The number of nitrogens with zero attached hydrogens (tertiary/aromatic N) is 3. The summed E-state index contributed by atoms with van der Waals surface area (Å²) in [4.78, 5) is 27.9. The van der Waals surface area contributed by atoms with Gasteiger partial charge in [0, 0.05) is 87.9 Å². The second-order valence-corrected chi connectivity index (χ2v) is 13.0. The number of nitrogens with one attached hydrogen (secondary N) is 2. The van der Waals surface area contributed by atoms with Crippen molar-refractivity contribution in [3.05, 3.63) is 58.9 Å². The van der Waals surface area contributed by atoms with Gasteiger partial charge < -0.3 is 29.6 Å². The zero-order valence-electron chi connectivity index (χ0n) is 22.7. The summed E-state index contributed by atoms with van der Waals surface area (Å²) in [6.45, 7) is 8.76. The largest absolute Gasteiger partial charge is 0.379 e. The fourth-order valence-electron chi connectivity index (χ4n) is 6.20. The van der Waals surface area contributed by atoms with Crippen LogP contribution in [-0.4, -0.2) is 99.6 Å². The molecule has 4 aliphatic heterocycles.